The zero-order valence-electron chi connectivity index (χ0n) is 19.6. The molecule has 0 bridgehead atoms. The minimum Gasteiger partial charge on any atom is -0.508 e. The SMILES string of the molecule is CCCCCC(O)c1ccc(C2(c3ccc(O)cc3)c3cc(Br)ccc3-c3ccc(Br)cc32)cc1. The molecule has 0 saturated carbocycles. The Hall–Kier alpha value is -2.40. The molecule has 1 unspecified atom stereocenters. The van der Waals surface area contributed by atoms with Crippen molar-refractivity contribution in [3.63, 3.8) is 0 Å². The molecule has 35 heavy (non-hydrogen) atoms. The van der Waals surface area contributed by atoms with Crippen LogP contribution in [0.1, 0.15) is 66.5 Å². The first-order valence-corrected chi connectivity index (χ1v) is 13.7. The van der Waals surface area contributed by atoms with E-state index in [0.29, 0.717) is 0 Å². The number of hydrogen-bond acceptors (Lipinski definition) is 2. The number of benzene rings is 4. The van der Waals surface area contributed by atoms with Crippen LogP contribution in [0.25, 0.3) is 11.1 Å². The van der Waals surface area contributed by atoms with E-state index in [0.717, 1.165) is 51.3 Å². The summed E-state index contributed by atoms with van der Waals surface area (Å²) in [6, 6.07) is 29.0. The Labute approximate surface area is 223 Å². The lowest BCUT2D eigenvalue weighted by atomic mass is 9.67. The van der Waals surface area contributed by atoms with Crippen molar-refractivity contribution in [2.24, 2.45) is 0 Å². The van der Waals surface area contributed by atoms with Gasteiger partial charge in [-0.15, -0.1) is 0 Å². The number of aliphatic hydroxyl groups excluding tert-OH is 1. The fraction of sp³-hybridized carbons (Fsp3) is 0.226. The average Bonchev–Trinajstić information content (AvgIpc) is 3.14. The highest BCUT2D eigenvalue weighted by Gasteiger charge is 2.46. The molecular weight excluding hydrogens is 564 g/mol. The second-order valence-corrected chi connectivity index (χ2v) is 11.1. The number of halogens is 2. The summed E-state index contributed by atoms with van der Waals surface area (Å²) in [5.74, 6) is 0.247. The van der Waals surface area contributed by atoms with Gasteiger partial charge in [0.25, 0.3) is 0 Å². The van der Waals surface area contributed by atoms with Gasteiger partial charge in [0, 0.05) is 8.95 Å². The van der Waals surface area contributed by atoms with Crippen LogP contribution >= 0.6 is 31.9 Å². The lowest BCUT2D eigenvalue weighted by Gasteiger charge is -2.34. The topological polar surface area (TPSA) is 40.5 Å². The molecule has 0 aliphatic heterocycles. The maximum absolute atomic E-state index is 10.8. The van der Waals surface area contributed by atoms with Crippen molar-refractivity contribution < 1.29 is 10.2 Å². The lowest BCUT2D eigenvalue weighted by Crippen LogP contribution is -2.28. The first-order chi connectivity index (χ1) is 16.9. The van der Waals surface area contributed by atoms with Crippen molar-refractivity contribution in [3.05, 3.63) is 122 Å². The Kier molecular flexibility index (Phi) is 6.89. The van der Waals surface area contributed by atoms with Gasteiger partial charge in [-0.05, 0) is 81.8 Å². The van der Waals surface area contributed by atoms with Gasteiger partial charge in [-0.1, -0.05) is 107 Å². The Bertz CT molecular complexity index is 1290. The van der Waals surface area contributed by atoms with Crippen LogP contribution in [0.4, 0.5) is 0 Å². The van der Waals surface area contributed by atoms with Crippen molar-refractivity contribution in [2.45, 2.75) is 44.1 Å². The highest BCUT2D eigenvalue weighted by atomic mass is 79.9. The molecule has 0 fully saturated rings. The second-order valence-electron chi connectivity index (χ2n) is 9.31. The third kappa shape index (κ3) is 4.26. The van der Waals surface area contributed by atoms with Gasteiger partial charge in [-0.3, -0.25) is 0 Å². The maximum Gasteiger partial charge on any atom is 0.115 e. The van der Waals surface area contributed by atoms with Crippen LogP contribution in [-0.2, 0) is 5.41 Å². The molecule has 2 nitrogen and oxygen atoms in total. The van der Waals surface area contributed by atoms with Crippen LogP contribution in [0.5, 0.6) is 5.75 Å². The third-order valence-electron chi connectivity index (χ3n) is 7.17. The fourth-order valence-electron chi connectivity index (χ4n) is 5.48. The summed E-state index contributed by atoms with van der Waals surface area (Å²) >= 11 is 7.42. The van der Waals surface area contributed by atoms with Crippen molar-refractivity contribution in [3.8, 4) is 16.9 Å². The number of phenolic OH excluding ortho intramolecular Hbond substituents is 1. The molecule has 0 aromatic heterocycles. The highest BCUT2D eigenvalue weighted by Crippen LogP contribution is 2.57. The lowest BCUT2D eigenvalue weighted by molar-refractivity contribution is 0.163. The van der Waals surface area contributed by atoms with Gasteiger partial charge >= 0.3 is 0 Å². The molecular formula is C31H28Br2O2. The van der Waals surface area contributed by atoms with Gasteiger partial charge in [0.2, 0.25) is 0 Å². The molecule has 1 aliphatic carbocycles. The molecule has 0 radical (unpaired) electrons. The monoisotopic (exact) mass is 590 g/mol. The van der Waals surface area contributed by atoms with Crippen molar-refractivity contribution in [2.75, 3.05) is 0 Å². The summed E-state index contributed by atoms with van der Waals surface area (Å²) in [5.41, 5.74) is 7.40. The predicted molar refractivity (Wildman–Crippen MR) is 150 cm³/mol. The van der Waals surface area contributed by atoms with Crippen LogP contribution in [0.15, 0.2) is 93.9 Å². The van der Waals surface area contributed by atoms with Crippen molar-refractivity contribution in [1.29, 1.82) is 0 Å². The van der Waals surface area contributed by atoms with Crippen LogP contribution in [0.3, 0.4) is 0 Å². The smallest absolute Gasteiger partial charge is 0.115 e. The van der Waals surface area contributed by atoms with E-state index in [2.05, 4.69) is 99.4 Å². The van der Waals surface area contributed by atoms with Crippen LogP contribution in [0, 0.1) is 0 Å². The van der Waals surface area contributed by atoms with E-state index in [1.165, 1.54) is 22.3 Å². The molecule has 1 aliphatic rings. The zero-order valence-corrected chi connectivity index (χ0v) is 22.8. The number of hydrogen-bond donors (Lipinski definition) is 2. The van der Waals surface area contributed by atoms with Gasteiger partial charge in [0.05, 0.1) is 11.5 Å². The Morgan fingerprint density at radius 2 is 1.23 bits per heavy atom. The first-order valence-electron chi connectivity index (χ1n) is 12.1. The molecule has 5 rings (SSSR count). The van der Waals surface area contributed by atoms with Gasteiger partial charge in [-0.2, -0.15) is 0 Å². The fourth-order valence-corrected chi connectivity index (χ4v) is 6.20. The Morgan fingerprint density at radius 1 is 0.714 bits per heavy atom. The van der Waals surface area contributed by atoms with Crippen LogP contribution in [-0.4, -0.2) is 10.2 Å². The summed E-state index contributed by atoms with van der Waals surface area (Å²) in [6.45, 7) is 2.18. The minimum atomic E-state index is -0.558. The quantitative estimate of drug-likeness (QED) is 0.185. The van der Waals surface area contributed by atoms with Gasteiger partial charge in [-0.25, -0.2) is 0 Å². The summed E-state index contributed by atoms with van der Waals surface area (Å²) in [4.78, 5) is 0. The number of fused-ring (bicyclic) bond motifs is 3. The molecule has 2 N–H and O–H groups in total. The standard InChI is InChI=1S/C31H28Br2O2/c1-2-3-4-5-30(35)20-6-8-21(9-7-20)31(22-10-14-25(34)15-11-22)28-18-23(32)12-16-26(28)27-17-13-24(33)19-29(27)31/h6-19,30,34-35H,2-5H2,1H3. The Morgan fingerprint density at radius 3 is 1.74 bits per heavy atom. The first kappa shape index (κ1) is 24.3. The molecule has 4 heteroatoms. The van der Waals surface area contributed by atoms with E-state index in [9.17, 15) is 10.2 Å². The third-order valence-corrected chi connectivity index (χ3v) is 8.16. The van der Waals surface area contributed by atoms with Gasteiger partial charge < -0.3 is 10.2 Å². The predicted octanol–water partition coefficient (Wildman–Crippen LogP) is 8.89. The molecule has 4 aromatic rings. The average molecular weight is 592 g/mol. The molecule has 0 amide bonds. The molecule has 0 saturated heterocycles. The van der Waals surface area contributed by atoms with E-state index in [1.807, 2.05) is 12.1 Å². The van der Waals surface area contributed by atoms with E-state index < -0.39 is 11.5 Å². The largest absolute Gasteiger partial charge is 0.508 e. The Balaban J connectivity index is 1.74. The number of unbranched alkanes of at least 4 members (excludes halogenated alkanes) is 2. The molecule has 1 atom stereocenters. The van der Waals surface area contributed by atoms with Gasteiger partial charge in [0.15, 0.2) is 0 Å². The van der Waals surface area contributed by atoms with E-state index in [1.54, 1.807) is 12.1 Å². The minimum absolute atomic E-state index is 0.247. The molecule has 0 heterocycles. The summed E-state index contributed by atoms with van der Waals surface area (Å²) in [6.07, 6.45) is 3.63. The molecule has 0 spiro atoms. The molecule has 4 aromatic carbocycles. The maximum atomic E-state index is 10.8. The summed E-state index contributed by atoms with van der Waals surface area (Å²) in [7, 11) is 0. The zero-order chi connectivity index (χ0) is 24.6. The van der Waals surface area contributed by atoms with Crippen molar-refractivity contribution >= 4 is 31.9 Å². The summed E-state index contributed by atoms with van der Waals surface area (Å²) in [5, 5.41) is 20.8. The second kappa shape index (κ2) is 9.93. The highest BCUT2D eigenvalue weighted by molar-refractivity contribution is 9.10. The normalized spacial score (nSPS) is 14.4. The van der Waals surface area contributed by atoms with Crippen LogP contribution in [0.2, 0.25) is 0 Å². The number of aliphatic hydroxyl groups is 1. The number of aromatic hydroxyl groups is 1. The summed E-state index contributed by atoms with van der Waals surface area (Å²) < 4.78 is 2.04. The van der Waals surface area contributed by atoms with Gasteiger partial charge in [0.1, 0.15) is 5.75 Å². The number of rotatable bonds is 7. The van der Waals surface area contributed by atoms with Crippen molar-refractivity contribution in [1.82, 2.24) is 0 Å². The van der Waals surface area contributed by atoms with E-state index in [-0.39, 0.29) is 5.75 Å². The number of phenols is 1. The van der Waals surface area contributed by atoms with Crippen LogP contribution < -0.4 is 0 Å². The van der Waals surface area contributed by atoms with E-state index >= 15 is 0 Å². The van der Waals surface area contributed by atoms with E-state index in [4.69, 9.17) is 0 Å². The molecule has 178 valence electrons.